The fourth-order valence-electron chi connectivity index (χ4n) is 1.15. The normalized spacial score (nSPS) is 10.5. The fourth-order valence-corrected chi connectivity index (χ4v) is 2.48. The summed E-state index contributed by atoms with van der Waals surface area (Å²) >= 11 is 5.18. The Bertz CT molecular complexity index is 338. The predicted molar refractivity (Wildman–Crippen MR) is 75.7 cm³/mol. The van der Waals surface area contributed by atoms with Crippen LogP contribution in [0.4, 0.5) is 5.95 Å². The van der Waals surface area contributed by atoms with Gasteiger partial charge in [0.05, 0.1) is 4.47 Å². The maximum atomic E-state index is 5.02. The molecule has 0 unspecified atom stereocenters. The van der Waals surface area contributed by atoms with Crippen molar-refractivity contribution < 1.29 is 4.74 Å². The highest BCUT2D eigenvalue weighted by molar-refractivity contribution is 9.10. The molecule has 0 fully saturated rings. The quantitative estimate of drug-likeness (QED) is 0.453. The minimum atomic E-state index is 0.698. The van der Waals surface area contributed by atoms with E-state index in [0.29, 0.717) is 5.95 Å². The lowest BCUT2D eigenvalue weighted by molar-refractivity contribution is 0.200. The number of methoxy groups -OCH3 is 1. The van der Waals surface area contributed by atoms with Crippen LogP contribution < -0.4 is 5.32 Å². The van der Waals surface area contributed by atoms with Crippen molar-refractivity contribution in [3.8, 4) is 0 Å². The molecule has 0 aliphatic carbocycles. The van der Waals surface area contributed by atoms with Gasteiger partial charge in [-0.2, -0.15) is 0 Å². The molecule has 1 N–H and O–H groups in total. The Hall–Kier alpha value is -0.330. The van der Waals surface area contributed by atoms with Gasteiger partial charge in [-0.05, 0) is 28.8 Å². The molecule has 1 rings (SSSR count). The summed E-state index contributed by atoms with van der Waals surface area (Å²) in [5.41, 5.74) is 0. The van der Waals surface area contributed by atoms with Crippen molar-refractivity contribution >= 4 is 33.6 Å². The summed E-state index contributed by atoms with van der Waals surface area (Å²) in [6.07, 6.45) is 3.88. The Kier molecular flexibility index (Phi) is 7.55. The van der Waals surface area contributed by atoms with Crippen molar-refractivity contribution in [3.63, 3.8) is 0 Å². The van der Waals surface area contributed by atoms with Crippen molar-refractivity contribution in [2.75, 3.05) is 31.3 Å². The number of thioether (sulfide) groups is 1. The van der Waals surface area contributed by atoms with E-state index >= 15 is 0 Å². The molecule has 17 heavy (non-hydrogen) atoms. The van der Waals surface area contributed by atoms with Gasteiger partial charge in [0.2, 0.25) is 5.95 Å². The van der Waals surface area contributed by atoms with Crippen molar-refractivity contribution in [1.29, 1.82) is 0 Å². The van der Waals surface area contributed by atoms with Crippen molar-refractivity contribution in [2.24, 2.45) is 0 Å². The van der Waals surface area contributed by atoms with Crippen LogP contribution in [0.1, 0.15) is 19.8 Å². The molecule has 0 radical (unpaired) electrons. The molecule has 4 nitrogen and oxygen atoms in total. The third-order valence-electron chi connectivity index (χ3n) is 1.98. The van der Waals surface area contributed by atoms with Gasteiger partial charge in [-0.25, -0.2) is 9.97 Å². The summed E-state index contributed by atoms with van der Waals surface area (Å²) in [6, 6.07) is 0. The molecule has 6 heteroatoms. The number of rotatable bonds is 8. The molecule has 1 aromatic heterocycles. The van der Waals surface area contributed by atoms with E-state index in [-0.39, 0.29) is 0 Å². The Balaban J connectivity index is 2.50. The number of halogens is 1. The van der Waals surface area contributed by atoms with Gasteiger partial charge in [0.15, 0.2) is 0 Å². The van der Waals surface area contributed by atoms with Crippen LogP contribution in [0, 0.1) is 0 Å². The summed E-state index contributed by atoms with van der Waals surface area (Å²) in [5, 5.41) is 4.16. The smallest absolute Gasteiger partial charge is 0.223 e. The van der Waals surface area contributed by atoms with E-state index in [2.05, 4.69) is 38.1 Å². The zero-order chi connectivity index (χ0) is 12.5. The molecular weight excluding hydrogens is 302 g/mol. The lowest BCUT2D eigenvalue weighted by atomic mass is 10.5. The van der Waals surface area contributed by atoms with E-state index in [1.54, 1.807) is 25.1 Å². The van der Waals surface area contributed by atoms with Crippen LogP contribution in [0.25, 0.3) is 0 Å². The Morgan fingerprint density at radius 2 is 2.35 bits per heavy atom. The van der Waals surface area contributed by atoms with Crippen LogP contribution in [0.3, 0.4) is 0 Å². The average Bonchev–Trinajstić information content (AvgIpc) is 2.35. The zero-order valence-corrected chi connectivity index (χ0v) is 12.6. The highest BCUT2D eigenvalue weighted by Crippen LogP contribution is 2.26. The highest BCUT2D eigenvalue weighted by Gasteiger charge is 2.05. The SMILES string of the molecule is CCCNc1ncc(Br)c(SCCCOC)n1. The lowest BCUT2D eigenvalue weighted by Crippen LogP contribution is -2.04. The molecule has 0 spiro atoms. The van der Waals surface area contributed by atoms with Gasteiger partial charge in [0.1, 0.15) is 5.03 Å². The molecule has 96 valence electrons. The topological polar surface area (TPSA) is 47.0 Å². The van der Waals surface area contributed by atoms with Crippen LogP contribution in [-0.4, -0.2) is 36.0 Å². The van der Waals surface area contributed by atoms with E-state index in [0.717, 1.165) is 41.2 Å². The van der Waals surface area contributed by atoms with Gasteiger partial charge >= 0.3 is 0 Å². The monoisotopic (exact) mass is 319 g/mol. The molecule has 0 amide bonds. The number of hydrogen-bond acceptors (Lipinski definition) is 5. The lowest BCUT2D eigenvalue weighted by Gasteiger charge is -2.07. The van der Waals surface area contributed by atoms with Gasteiger partial charge in [0.25, 0.3) is 0 Å². The van der Waals surface area contributed by atoms with Gasteiger partial charge in [0, 0.05) is 32.2 Å². The minimum absolute atomic E-state index is 0.698. The molecule has 1 heterocycles. The van der Waals surface area contributed by atoms with Crippen LogP contribution >= 0.6 is 27.7 Å². The van der Waals surface area contributed by atoms with E-state index < -0.39 is 0 Å². The van der Waals surface area contributed by atoms with E-state index in [1.165, 1.54) is 0 Å². The maximum absolute atomic E-state index is 5.02. The summed E-state index contributed by atoms with van der Waals surface area (Å²) in [7, 11) is 1.72. The van der Waals surface area contributed by atoms with Gasteiger partial charge in [-0.1, -0.05) is 6.92 Å². The number of nitrogens with zero attached hydrogens (tertiary/aromatic N) is 2. The van der Waals surface area contributed by atoms with Crippen molar-refractivity contribution in [2.45, 2.75) is 24.8 Å². The first-order chi connectivity index (χ1) is 8.27. The predicted octanol–water partition coefficient (Wildman–Crippen LogP) is 3.19. The minimum Gasteiger partial charge on any atom is -0.385 e. The Labute approximate surface area is 115 Å². The third kappa shape index (κ3) is 5.70. The summed E-state index contributed by atoms with van der Waals surface area (Å²) in [5.74, 6) is 1.70. The van der Waals surface area contributed by atoms with E-state index in [4.69, 9.17) is 4.74 Å². The third-order valence-corrected chi connectivity index (χ3v) is 3.90. The molecule has 0 aromatic carbocycles. The molecule has 0 saturated heterocycles. The number of hydrogen-bond donors (Lipinski definition) is 1. The Morgan fingerprint density at radius 1 is 1.53 bits per heavy atom. The molecule has 0 aliphatic heterocycles. The first-order valence-corrected chi connectivity index (χ1v) is 7.44. The second-order valence-corrected chi connectivity index (χ2v) is 5.41. The second-order valence-electron chi connectivity index (χ2n) is 3.47. The zero-order valence-electron chi connectivity index (χ0n) is 10.2. The first-order valence-electron chi connectivity index (χ1n) is 5.66. The largest absolute Gasteiger partial charge is 0.385 e. The van der Waals surface area contributed by atoms with Crippen molar-refractivity contribution in [1.82, 2.24) is 9.97 Å². The number of aromatic nitrogens is 2. The molecule has 0 bridgehead atoms. The molecule has 1 aromatic rings. The van der Waals surface area contributed by atoms with Gasteiger partial charge in [-0.15, -0.1) is 11.8 Å². The molecule has 0 atom stereocenters. The van der Waals surface area contributed by atoms with Gasteiger partial charge < -0.3 is 10.1 Å². The number of ether oxygens (including phenoxy) is 1. The highest BCUT2D eigenvalue weighted by atomic mass is 79.9. The van der Waals surface area contributed by atoms with Crippen LogP contribution in [-0.2, 0) is 4.74 Å². The van der Waals surface area contributed by atoms with E-state index in [9.17, 15) is 0 Å². The number of nitrogens with one attached hydrogen (secondary N) is 1. The second kappa shape index (κ2) is 8.72. The summed E-state index contributed by atoms with van der Waals surface area (Å²) in [4.78, 5) is 8.67. The maximum Gasteiger partial charge on any atom is 0.223 e. The standard InChI is InChI=1S/C11H18BrN3OS/c1-3-5-13-11-14-8-9(12)10(15-11)17-7-4-6-16-2/h8H,3-7H2,1-2H3,(H,13,14,15). The number of anilines is 1. The van der Waals surface area contributed by atoms with Crippen molar-refractivity contribution in [3.05, 3.63) is 10.7 Å². The Morgan fingerprint density at radius 3 is 3.06 bits per heavy atom. The first kappa shape index (κ1) is 14.7. The fraction of sp³-hybridized carbons (Fsp3) is 0.636. The summed E-state index contributed by atoms with van der Waals surface area (Å²) < 4.78 is 5.96. The van der Waals surface area contributed by atoms with Gasteiger partial charge in [-0.3, -0.25) is 0 Å². The van der Waals surface area contributed by atoms with Crippen LogP contribution in [0.15, 0.2) is 15.7 Å². The van der Waals surface area contributed by atoms with E-state index in [1.807, 2.05) is 0 Å². The molecule has 0 aliphatic rings. The molecular formula is C11H18BrN3OS. The van der Waals surface area contributed by atoms with Crippen LogP contribution in [0.5, 0.6) is 0 Å². The van der Waals surface area contributed by atoms with Crippen LogP contribution in [0.2, 0.25) is 0 Å². The average molecular weight is 320 g/mol. The molecule has 0 saturated carbocycles. The summed E-state index contributed by atoms with van der Waals surface area (Å²) in [6.45, 7) is 3.80.